The number of halogens is 4. The number of fused-ring (bicyclic) bond motifs is 2. The van der Waals surface area contributed by atoms with Crippen molar-refractivity contribution >= 4 is 39.6 Å². The van der Waals surface area contributed by atoms with Crippen LogP contribution < -0.4 is 10.6 Å². The average Bonchev–Trinajstić information content (AvgIpc) is 3.28. The maximum absolute atomic E-state index is 13.8. The number of nitrogens with zero attached hydrogens (tertiary/aromatic N) is 2. The summed E-state index contributed by atoms with van der Waals surface area (Å²) < 4.78 is 52.1. The number of H-pyrrole nitrogens is 1. The lowest BCUT2D eigenvalue weighted by atomic mass is 10.1. The van der Waals surface area contributed by atoms with Gasteiger partial charge in [0.05, 0.1) is 22.2 Å². The zero-order valence-corrected chi connectivity index (χ0v) is 18.9. The maximum atomic E-state index is 13.8. The molecule has 0 bridgehead atoms. The number of rotatable bonds is 5. The minimum Gasteiger partial charge on any atom is -0.348 e. The van der Waals surface area contributed by atoms with Gasteiger partial charge in [0, 0.05) is 18.1 Å². The number of benzene rings is 3. The van der Waals surface area contributed by atoms with E-state index in [0.717, 1.165) is 22.9 Å². The number of carbonyl (C=O) groups excluding carboxylic acids is 2. The minimum absolute atomic E-state index is 0.0972. The van der Waals surface area contributed by atoms with Crippen LogP contribution in [0.15, 0.2) is 72.9 Å². The molecule has 2 amide bonds. The highest BCUT2D eigenvalue weighted by Gasteiger charge is 2.33. The van der Waals surface area contributed by atoms with Crippen LogP contribution in [0.3, 0.4) is 0 Å². The Morgan fingerprint density at radius 3 is 2.46 bits per heavy atom. The van der Waals surface area contributed by atoms with Crippen LogP contribution in [0.2, 0.25) is 0 Å². The van der Waals surface area contributed by atoms with Crippen molar-refractivity contribution in [3.8, 4) is 0 Å². The van der Waals surface area contributed by atoms with E-state index >= 15 is 0 Å². The summed E-state index contributed by atoms with van der Waals surface area (Å²) in [5.74, 6) is -2.39. The Balaban J connectivity index is 1.32. The summed E-state index contributed by atoms with van der Waals surface area (Å²) in [6.45, 7) is -0.199. The van der Waals surface area contributed by atoms with Crippen molar-refractivity contribution in [1.82, 2.24) is 20.3 Å². The molecule has 0 unspecified atom stereocenters. The summed E-state index contributed by atoms with van der Waals surface area (Å²) >= 11 is 0. The summed E-state index contributed by atoms with van der Waals surface area (Å²) in [7, 11) is 0. The van der Waals surface area contributed by atoms with E-state index in [2.05, 4.69) is 25.6 Å². The first-order valence-electron chi connectivity index (χ1n) is 11.0. The molecular formula is C26H17F4N5O2. The van der Waals surface area contributed by atoms with E-state index < -0.39 is 29.4 Å². The van der Waals surface area contributed by atoms with E-state index in [1.807, 2.05) is 24.3 Å². The van der Waals surface area contributed by atoms with Gasteiger partial charge in [0.2, 0.25) is 5.95 Å². The number of nitrogens with one attached hydrogen (secondary N) is 3. The quantitative estimate of drug-likeness (QED) is 0.276. The Morgan fingerprint density at radius 2 is 1.70 bits per heavy atom. The van der Waals surface area contributed by atoms with Crippen molar-refractivity contribution < 1.29 is 27.2 Å². The second-order valence-corrected chi connectivity index (χ2v) is 8.15. The Morgan fingerprint density at radius 1 is 0.919 bits per heavy atom. The third-order valence-corrected chi connectivity index (χ3v) is 5.65. The normalized spacial score (nSPS) is 11.6. The fraction of sp³-hybridized carbons (Fsp3) is 0.0769. The van der Waals surface area contributed by atoms with Gasteiger partial charge in [0.15, 0.2) is 0 Å². The fourth-order valence-corrected chi connectivity index (χ4v) is 3.84. The van der Waals surface area contributed by atoms with E-state index in [1.54, 1.807) is 24.4 Å². The molecule has 0 saturated carbocycles. The molecule has 186 valence electrons. The monoisotopic (exact) mass is 507 g/mol. The number of hydrogen-bond donors (Lipinski definition) is 3. The zero-order valence-electron chi connectivity index (χ0n) is 18.9. The lowest BCUT2D eigenvalue weighted by molar-refractivity contribution is -0.140. The zero-order chi connectivity index (χ0) is 26.2. The van der Waals surface area contributed by atoms with Gasteiger partial charge >= 0.3 is 6.18 Å². The van der Waals surface area contributed by atoms with Gasteiger partial charge in [-0.25, -0.2) is 9.37 Å². The summed E-state index contributed by atoms with van der Waals surface area (Å²) in [5, 5.41) is 6.91. The van der Waals surface area contributed by atoms with Gasteiger partial charge in [-0.3, -0.25) is 19.9 Å². The van der Waals surface area contributed by atoms with Crippen LogP contribution in [-0.4, -0.2) is 26.8 Å². The first kappa shape index (κ1) is 23.9. The van der Waals surface area contributed by atoms with Gasteiger partial charge in [0.25, 0.3) is 11.8 Å². The Hall–Kier alpha value is -4.80. The van der Waals surface area contributed by atoms with Gasteiger partial charge in [-0.15, -0.1) is 0 Å². The van der Waals surface area contributed by atoms with Gasteiger partial charge in [-0.2, -0.15) is 13.2 Å². The summed E-state index contributed by atoms with van der Waals surface area (Å²) in [6.07, 6.45) is -3.21. The molecule has 2 heterocycles. The van der Waals surface area contributed by atoms with Crippen LogP contribution in [0.4, 0.5) is 23.5 Å². The van der Waals surface area contributed by atoms with Crippen molar-refractivity contribution in [3.63, 3.8) is 0 Å². The molecule has 0 spiro atoms. The Kier molecular flexibility index (Phi) is 6.04. The molecule has 0 atom stereocenters. The molecule has 0 radical (unpaired) electrons. The number of pyridine rings is 1. The summed E-state index contributed by atoms with van der Waals surface area (Å²) in [4.78, 5) is 36.9. The topological polar surface area (TPSA) is 99.8 Å². The van der Waals surface area contributed by atoms with Crippen LogP contribution in [0.25, 0.3) is 21.8 Å². The first-order chi connectivity index (χ1) is 17.7. The molecule has 0 aliphatic carbocycles. The molecule has 0 aliphatic rings. The molecular weight excluding hydrogens is 490 g/mol. The van der Waals surface area contributed by atoms with Gasteiger partial charge < -0.3 is 10.3 Å². The largest absolute Gasteiger partial charge is 0.419 e. The molecule has 5 aromatic rings. The molecule has 3 N–H and O–H groups in total. The van der Waals surface area contributed by atoms with Crippen molar-refractivity contribution in [2.24, 2.45) is 0 Å². The van der Waals surface area contributed by atoms with Crippen LogP contribution >= 0.6 is 0 Å². The van der Waals surface area contributed by atoms with Crippen molar-refractivity contribution in [1.29, 1.82) is 0 Å². The number of anilines is 1. The molecule has 0 aliphatic heterocycles. The van der Waals surface area contributed by atoms with E-state index in [0.29, 0.717) is 17.1 Å². The van der Waals surface area contributed by atoms with E-state index in [1.165, 1.54) is 6.07 Å². The van der Waals surface area contributed by atoms with E-state index in [9.17, 15) is 27.2 Å². The number of amides is 2. The predicted molar refractivity (Wildman–Crippen MR) is 128 cm³/mol. The summed E-state index contributed by atoms with van der Waals surface area (Å²) in [5.41, 5.74) is -0.122. The molecule has 0 fully saturated rings. The first-order valence-corrected chi connectivity index (χ1v) is 11.0. The second-order valence-electron chi connectivity index (χ2n) is 8.15. The van der Waals surface area contributed by atoms with Gasteiger partial charge in [0.1, 0.15) is 11.5 Å². The number of alkyl halides is 3. The van der Waals surface area contributed by atoms with Crippen LogP contribution in [-0.2, 0) is 12.7 Å². The maximum Gasteiger partial charge on any atom is 0.419 e. The molecule has 0 saturated heterocycles. The fourth-order valence-electron chi connectivity index (χ4n) is 3.84. The number of hydrogen-bond acceptors (Lipinski definition) is 4. The predicted octanol–water partition coefficient (Wildman–Crippen LogP) is 5.45. The Bertz CT molecular complexity index is 1660. The third kappa shape index (κ3) is 4.96. The van der Waals surface area contributed by atoms with Crippen molar-refractivity contribution in [3.05, 3.63) is 101 Å². The van der Waals surface area contributed by atoms with Crippen LogP contribution in [0.5, 0.6) is 0 Å². The highest BCUT2D eigenvalue weighted by atomic mass is 19.4. The lowest BCUT2D eigenvalue weighted by Crippen LogP contribution is -2.23. The van der Waals surface area contributed by atoms with Crippen LogP contribution in [0, 0.1) is 5.82 Å². The van der Waals surface area contributed by atoms with E-state index in [-0.39, 0.29) is 29.3 Å². The smallest absolute Gasteiger partial charge is 0.348 e. The minimum atomic E-state index is -4.81. The highest BCUT2D eigenvalue weighted by molar-refractivity contribution is 6.07. The Labute approximate surface area is 206 Å². The molecule has 2 aromatic heterocycles. The second kappa shape index (κ2) is 9.34. The molecule has 3 aromatic carbocycles. The molecule has 37 heavy (non-hydrogen) atoms. The molecule has 7 nitrogen and oxygen atoms in total. The van der Waals surface area contributed by atoms with E-state index in [4.69, 9.17) is 0 Å². The molecule has 11 heteroatoms. The number of carbonyl (C=O) groups is 2. The van der Waals surface area contributed by atoms with Crippen molar-refractivity contribution in [2.45, 2.75) is 12.7 Å². The number of aromatic nitrogens is 3. The van der Waals surface area contributed by atoms with Gasteiger partial charge in [-0.1, -0.05) is 36.4 Å². The highest BCUT2D eigenvalue weighted by Crippen LogP contribution is 2.31. The number of imidazole rings is 1. The SMILES string of the molecule is O=C(Nc1nc2cccc(C(=O)NCc3ccc(C(F)(F)F)c(F)c3)c2[nH]1)c1cc2ccccc2cn1. The standard InChI is InChI=1S/C26H17F4N5O2/c27-19-10-14(8-9-18(19)26(28,29)30)12-32-23(36)17-6-3-7-20-22(17)34-25(33-20)35-24(37)21-11-15-4-1-2-5-16(15)13-31-21/h1-11,13H,12H2,(H,32,36)(H2,33,34,35,37). The average molecular weight is 507 g/mol. The van der Waals surface area contributed by atoms with Gasteiger partial charge in [-0.05, 0) is 41.3 Å². The number of aromatic amines is 1. The third-order valence-electron chi connectivity index (χ3n) is 5.65. The molecule has 5 rings (SSSR count). The van der Waals surface area contributed by atoms with Crippen molar-refractivity contribution in [2.75, 3.05) is 5.32 Å². The number of para-hydroxylation sites is 1. The van der Waals surface area contributed by atoms with Crippen LogP contribution in [0.1, 0.15) is 32.0 Å². The lowest BCUT2D eigenvalue weighted by Gasteiger charge is -2.10. The summed E-state index contributed by atoms with van der Waals surface area (Å²) in [6, 6.07) is 16.3.